The lowest BCUT2D eigenvalue weighted by atomic mass is 9.97. The molecule has 3 aromatic rings. The Labute approximate surface area is 251 Å². The van der Waals surface area contributed by atoms with Crippen molar-refractivity contribution < 1.29 is 52.7 Å². The first kappa shape index (κ1) is 32.2. The van der Waals surface area contributed by atoms with Gasteiger partial charge in [-0.1, -0.05) is 78.9 Å². The van der Waals surface area contributed by atoms with Crippen molar-refractivity contribution in [1.82, 2.24) is 0 Å². The van der Waals surface area contributed by atoms with Crippen LogP contribution in [0.2, 0.25) is 0 Å². The Morgan fingerprint density at radius 3 is 1.64 bits per heavy atom. The van der Waals surface area contributed by atoms with Gasteiger partial charge in [-0.15, -0.1) is 0 Å². The molecule has 230 valence electrons. The van der Waals surface area contributed by atoms with Gasteiger partial charge in [-0.3, -0.25) is 0 Å². The van der Waals surface area contributed by atoms with Gasteiger partial charge in [0.25, 0.3) is 0 Å². The van der Waals surface area contributed by atoms with Crippen LogP contribution in [0.15, 0.2) is 115 Å². The summed E-state index contributed by atoms with van der Waals surface area (Å²) in [5, 5.41) is 29.8. The second kappa shape index (κ2) is 15.1. The number of rotatable bonds is 8. The lowest BCUT2D eigenvalue weighted by Gasteiger charge is -2.32. The normalized spacial score (nSPS) is 23.6. The molecule has 3 N–H and O–H groups in total. The highest BCUT2D eigenvalue weighted by Gasteiger charge is 2.41. The van der Waals surface area contributed by atoms with Crippen molar-refractivity contribution >= 4 is 17.9 Å². The summed E-state index contributed by atoms with van der Waals surface area (Å²) in [5.74, 6) is -2.10. The van der Waals surface area contributed by atoms with Crippen molar-refractivity contribution in [1.29, 1.82) is 0 Å². The third kappa shape index (κ3) is 8.22. The van der Waals surface area contributed by atoms with Gasteiger partial charge in [0.1, 0.15) is 18.3 Å². The third-order valence-electron chi connectivity index (χ3n) is 6.78. The van der Waals surface area contributed by atoms with Crippen LogP contribution in [-0.4, -0.2) is 69.9 Å². The molecule has 11 heteroatoms. The van der Waals surface area contributed by atoms with Gasteiger partial charge in [-0.05, 0) is 35.4 Å². The average molecular weight is 609 g/mol. The Morgan fingerprint density at radius 2 is 1.11 bits per heavy atom. The minimum Gasteiger partial charge on any atom is -0.453 e. The predicted octanol–water partition coefficient (Wildman–Crippen LogP) is 3.67. The van der Waals surface area contributed by atoms with Crippen LogP contribution >= 0.6 is 0 Å². The fourth-order valence-corrected chi connectivity index (χ4v) is 4.46. The van der Waals surface area contributed by atoms with E-state index >= 15 is 0 Å². The topological polar surface area (TPSA) is 140 Å². The molecule has 2 aliphatic rings. The van der Waals surface area contributed by atoms with Crippen LogP contribution in [0, 0.1) is 0 Å². The Hall–Kier alpha value is -4.71. The van der Waals surface area contributed by atoms with Crippen molar-refractivity contribution in [3.05, 3.63) is 132 Å². The molecule has 5 rings (SSSR count). The SMILES string of the molecule is O=C1C=C[C@H](O)[C@H]([C@@H](O)[C@H](F)c2ccccc2)O1.O=C1C=C[C@H](OC(=O)c2ccccc2)[C@H]([C@@H](O)[C@H](F)c2ccccc2)O1. The molecule has 9 nitrogen and oxygen atoms in total. The van der Waals surface area contributed by atoms with Crippen molar-refractivity contribution in [2.45, 2.75) is 49.0 Å². The Kier molecular flexibility index (Phi) is 11.1. The lowest BCUT2D eigenvalue weighted by Crippen LogP contribution is -2.46. The third-order valence-corrected chi connectivity index (χ3v) is 6.78. The largest absolute Gasteiger partial charge is 0.453 e. The monoisotopic (exact) mass is 608 g/mol. The van der Waals surface area contributed by atoms with E-state index in [-0.39, 0.29) is 11.1 Å². The van der Waals surface area contributed by atoms with E-state index in [1.807, 2.05) is 0 Å². The maximum atomic E-state index is 14.7. The molecule has 0 bridgehead atoms. The van der Waals surface area contributed by atoms with Crippen LogP contribution in [0.5, 0.6) is 0 Å². The first-order valence-corrected chi connectivity index (χ1v) is 13.6. The summed E-state index contributed by atoms with van der Waals surface area (Å²) < 4.78 is 43.8. The number of hydrogen-bond donors (Lipinski definition) is 3. The fourth-order valence-electron chi connectivity index (χ4n) is 4.46. The highest BCUT2D eigenvalue weighted by atomic mass is 19.1. The minimum atomic E-state index is -1.81. The molecule has 2 heterocycles. The number of hydrogen-bond acceptors (Lipinski definition) is 9. The summed E-state index contributed by atoms with van der Waals surface area (Å²) in [6, 6.07) is 24.3. The number of halogens is 2. The average Bonchev–Trinajstić information content (AvgIpc) is 3.06. The van der Waals surface area contributed by atoms with Crippen LogP contribution in [0.25, 0.3) is 0 Å². The van der Waals surface area contributed by atoms with Crippen molar-refractivity contribution in [2.24, 2.45) is 0 Å². The van der Waals surface area contributed by atoms with E-state index in [0.717, 1.165) is 12.2 Å². The summed E-state index contributed by atoms with van der Waals surface area (Å²) in [5.41, 5.74) is 0.799. The highest BCUT2D eigenvalue weighted by Crippen LogP contribution is 2.29. The van der Waals surface area contributed by atoms with E-state index in [9.17, 15) is 38.5 Å². The maximum absolute atomic E-state index is 14.7. The summed E-state index contributed by atoms with van der Waals surface area (Å²) in [4.78, 5) is 34.8. The highest BCUT2D eigenvalue weighted by molar-refractivity contribution is 5.90. The molecule has 0 fully saturated rings. The van der Waals surface area contributed by atoms with Crippen LogP contribution in [-0.2, 0) is 23.8 Å². The van der Waals surface area contributed by atoms with Crippen molar-refractivity contribution in [3.8, 4) is 0 Å². The number of cyclic esters (lactones) is 2. The van der Waals surface area contributed by atoms with E-state index in [2.05, 4.69) is 0 Å². The van der Waals surface area contributed by atoms with Gasteiger partial charge >= 0.3 is 17.9 Å². The molecule has 0 unspecified atom stereocenters. The first-order valence-electron chi connectivity index (χ1n) is 13.6. The number of carbonyl (C=O) groups is 3. The zero-order valence-corrected chi connectivity index (χ0v) is 23.1. The number of aliphatic hydroxyl groups excluding tert-OH is 3. The van der Waals surface area contributed by atoms with E-state index in [1.165, 1.54) is 36.4 Å². The molecule has 8 atom stereocenters. The number of alkyl halides is 2. The van der Waals surface area contributed by atoms with E-state index in [0.29, 0.717) is 5.56 Å². The van der Waals surface area contributed by atoms with Gasteiger partial charge in [0.15, 0.2) is 30.7 Å². The molecule has 0 radical (unpaired) electrons. The molecule has 0 spiro atoms. The van der Waals surface area contributed by atoms with Crippen molar-refractivity contribution in [2.75, 3.05) is 0 Å². The van der Waals surface area contributed by atoms with Gasteiger partial charge < -0.3 is 29.5 Å². The van der Waals surface area contributed by atoms with Crippen LogP contribution < -0.4 is 0 Å². The zero-order chi connectivity index (χ0) is 31.6. The molecule has 0 aliphatic carbocycles. The quantitative estimate of drug-likeness (QED) is 0.258. The number of carbonyl (C=O) groups excluding carboxylic acids is 3. The van der Waals surface area contributed by atoms with Gasteiger partial charge in [-0.25, -0.2) is 23.2 Å². The number of aliphatic hydroxyl groups is 3. The second-order valence-electron chi connectivity index (χ2n) is 9.85. The van der Waals surface area contributed by atoms with E-state index in [1.54, 1.807) is 66.7 Å². The molecular formula is C33H30F2O9. The Bertz CT molecular complexity index is 1450. The molecule has 0 aromatic heterocycles. The van der Waals surface area contributed by atoms with Gasteiger partial charge in [0.05, 0.1) is 5.56 Å². The second-order valence-corrected chi connectivity index (χ2v) is 9.85. The molecule has 3 aromatic carbocycles. The lowest BCUT2D eigenvalue weighted by molar-refractivity contribution is -0.163. The minimum absolute atomic E-state index is 0.235. The number of benzene rings is 3. The predicted molar refractivity (Wildman–Crippen MR) is 152 cm³/mol. The summed E-state index contributed by atoms with van der Waals surface area (Å²) in [6.45, 7) is 0. The number of esters is 3. The van der Waals surface area contributed by atoms with Crippen LogP contribution in [0.1, 0.15) is 33.8 Å². The summed E-state index contributed by atoms with van der Waals surface area (Å²) >= 11 is 0. The van der Waals surface area contributed by atoms with E-state index < -0.39 is 66.9 Å². The fraction of sp³-hybridized carbons (Fsp3) is 0.242. The molecule has 0 saturated heterocycles. The zero-order valence-electron chi connectivity index (χ0n) is 23.1. The number of ether oxygens (including phenoxy) is 3. The molecule has 0 amide bonds. The summed E-state index contributed by atoms with van der Waals surface area (Å²) in [7, 11) is 0. The standard InChI is InChI=1S/C20H17FO5.C13H13FO4/c21-17(13-7-3-1-4-8-13)18(23)19-15(11-12-16(22)26-19)25-20(24)14-9-5-2-6-10-14;14-11(8-4-2-1-3-5-8)12(17)13-9(15)6-7-10(16)18-13/h1-12,15,17-19,23H;1-7,9,11-13,15,17H/t15-,17+,18-,19+;9-,11+,12-,13+/m00/s1. The van der Waals surface area contributed by atoms with Crippen LogP contribution in [0.4, 0.5) is 8.78 Å². The van der Waals surface area contributed by atoms with Gasteiger partial charge in [-0.2, -0.15) is 0 Å². The smallest absolute Gasteiger partial charge is 0.338 e. The van der Waals surface area contributed by atoms with Crippen molar-refractivity contribution in [3.63, 3.8) is 0 Å². The molecular weight excluding hydrogens is 578 g/mol. The molecule has 44 heavy (non-hydrogen) atoms. The van der Waals surface area contributed by atoms with Gasteiger partial charge in [0.2, 0.25) is 0 Å². The Balaban J connectivity index is 0.000000215. The van der Waals surface area contributed by atoms with Crippen LogP contribution in [0.3, 0.4) is 0 Å². The summed E-state index contributed by atoms with van der Waals surface area (Å²) in [6.07, 6.45) is -7.20. The molecule has 2 aliphatic heterocycles. The van der Waals surface area contributed by atoms with Gasteiger partial charge in [0, 0.05) is 12.2 Å². The van der Waals surface area contributed by atoms with E-state index in [4.69, 9.17) is 14.2 Å². The maximum Gasteiger partial charge on any atom is 0.338 e. The molecule has 0 saturated carbocycles. The first-order chi connectivity index (χ1) is 21.2. The Morgan fingerprint density at radius 1 is 0.682 bits per heavy atom.